The van der Waals surface area contributed by atoms with Crippen LogP contribution in [0.4, 0.5) is 0 Å². The van der Waals surface area contributed by atoms with Crippen molar-refractivity contribution >= 4 is 16.7 Å². The highest BCUT2D eigenvalue weighted by molar-refractivity contribution is 6.16. The number of benzene rings is 4. The Labute approximate surface area is 197 Å². The van der Waals surface area contributed by atoms with Crippen molar-refractivity contribution in [2.75, 3.05) is 0 Å². The summed E-state index contributed by atoms with van der Waals surface area (Å²) in [5.74, 6) is 0.552. The highest BCUT2D eigenvalue weighted by Gasteiger charge is 2.28. The van der Waals surface area contributed by atoms with E-state index in [0.29, 0.717) is 17.1 Å². The van der Waals surface area contributed by atoms with Gasteiger partial charge in [-0.1, -0.05) is 85.4 Å². The Hall–Kier alpha value is -4.57. The lowest BCUT2D eigenvalue weighted by Crippen LogP contribution is -2.08. The first-order chi connectivity index (χ1) is 16.6. The second-order valence-electron chi connectivity index (χ2n) is 8.39. The maximum atomic E-state index is 12.0. The SMILES string of the molecule is C=C(C)C(=O)Oc1cccc(-c2nc(-c3ccccc3)c3c(n2)-c2cccc4cccc-3c24)c1. The lowest BCUT2D eigenvalue weighted by Gasteiger charge is -2.13. The number of rotatable bonds is 4. The molecule has 1 aliphatic rings. The fourth-order valence-electron chi connectivity index (χ4n) is 4.48. The number of esters is 1. The van der Waals surface area contributed by atoms with E-state index in [4.69, 9.17) is 14.7 Å². The molecule has 0 radical (unpaired) electrons. The van der Waals surface area contributed by atoms with Gasteiger partial charge in [0.15, 0.2) is 5.82 Å². The molecular formula is C30H20N2O2. The van der Waals surface area contributed by atoms with E-state index in [2.05, 4.69) is 55.1 Å². The predicted octanol–water partition coefficient (Wildman–Crippen LogP) is 7.09. The molecule has 0 unspecified atom stereocenters. The molecule has 0 saturated carbocycles. The van der Waals surface area contributed by atoms with E-state index in [9.17, 15) is 4.79 Å². The molecule has 0 spiro atoms. The molecule has 0 bridgehead atoms. The Morgan fingerprint density at radius 1 is 0.765 bits per heavy atom. The van der Waals surface area contributed by atoms with Gasteiger partial charge in [0.1, 0.15) is 5.75 Å². The van der Waals surface area contributed by atoms with Crippen LogP contribution in [-0.2, 0) is 4.79 Å². The molecule has 4 aromatic carbocycles. The van der Waals surface area contributed by atoms with Crippen LogP contribution in [-0.4, -0.2) is 15.9 Å². The summed E-state index contributed by atoms with van der Waals surface area (Å²) in [6, 6.07) is 30.1. The Morgan fingerprint density at radius 3 is 2.21 bits per heavy atom. The van der Waals surface area contributed by atoms with Gasteiger partial charge in [-0.3, -0.25) is 0 Å². The molecule has 0 atom stereocenters. The van der Waals surface area contributed by atoms with E-state index in [1.807, 2.05) is 30.3 Å². The van der Waals surface area contributed by atoms with E-state index >= 15 is 0 Å². The van der Waals surface area contributed by atoms with Gasteiger partial charge < -0.3 is 4.74 Å². The molecule has 1 heterocycles. The molecule has 162 valence electrons. The monoisotopic (exact) mass is 440 g/mol. The highest BCUT2D eigenvalue weighted by Crippen LogP contribution is 2.50. The molecule has 34 heavy (non-hydrogen) atoms. The minimum Gasteiger partial charge on any atom is -0.423 e. The van der Waals surface area contributed by atoms with Crippen molar-refractivity contribution in [3.63, 3.8) is 0 Å². The largest absolute Gasteiger partial charge is 0.423 e. The van der Waals surface area contributed by atoms with Crippen LogP contribution < -0.4 is 4.74 Å². The van der Waals surface area contributed by atoms with Crippen molar-refractivity contribution in [1.29, 1.82) is 0 Å². The standard InChI is InChI=1S/C30H20N2O2/c1-18(2)30(33)34-22-14-6-13-21(17-22)29-31-27(20-9-4-3-5-10-20)26-23-15-7-11-19-12-8-16-24(25(19)23)28(26)32-29/h3-17H,1H2,2H3. The second-order valence-corrected chi connectivity index (χ2v) is 8.39. The van der Waals surface area contributed by atoms with Crippen molar-refractivity contribution < 1.29 is 9.53 Å². The van der Waals surface area contributed by atoms with E-state index in [-0.39, 0.29) is 0 Å². The zero-order chi connectivity index (χ0) is 23.2. The van der Waals surface area contributed by atoms with Crippen molar-refractivity contribution in [2.45, 2.75) is 6.92 Å². The molecule has 4 heteroatoms. The number of carbonyl (C=O) groups excluding carboxylic acids is 1. The fraction of sp³-hybridized carbons (Fsp3) is 0.0333. The van der Waals surface area contributed by atoms with Crippen LogP contribution in [0.15, 0.2) is 103 Å². The smallest absolute Gasteiger partial charge is 0.338 e. The van der Waals surface area contributed by atoms with E-state index in [1.54, 1.807) is 19.1 Å². The molecule has 5 aromatic rings. The lowest BCUT2D eigenvalue weighted by atomic mass is 9.99. The molecule has 4 nitrogen and oxygen atoms in total. The van der Waals surface area contributed by atoms with Crippen LogP contribution in [0.5, 0.6) is 5.75 Å². The maximum Gasteiger partial charge on any atom is 0.338 e. The second kappa shape index (κ2) is 7.78. The highest BCUT2D eigenvalue weighted by atomic mass is 16.5. The quantitative estimate of drug-likeness (QED) is 0.167. The molecule has 0 aliphatic heterocycles. The van der Waals surface area contributed by atoms with Gasteiger partial charge >= 0.3 is 5.97 Å². The summed E-state index contributed by atoms with van der Waals surface area (Å²) in [5, 5.41) is 2.38. The van der Waals surface area contributed by atoms with Crippen LogP contribution in [0.3, 0.4) is 0 Å². The summed E-state index contributed by atoms with van der Waals surface area (Å²) in [6.07, 6.45) is 0. The van der Waals surface area contributed by atoms with Gasteiger partial charge in [-0.25, -0.2) is 14.8 Å². The number of ether oxygens (including phenoxy) is 1. The average Bonchev–Trinajstić information content (AvgIpc) is 3.20. The summed E-state index contributed by atoms with van der Waals surface area (Å²) in [7, 11) is 0. The van der Waals surface area contributed by atoms with Gasteiger partial charge in [-0.2, -0.15) is 0 Å². The Morgan fingerprint density at radius 2 is 1.44 bits per heavy atom. The Bertz CT molecular complexity index is 1620. The Balaban J connectivity index is 1.59. The number of hydrogen-bond acceptors (Lipinski definition) is 4. The van der Waals surface area contributed by atoms with Gasteiger partial charge in [-0.15, -0.1) is 0 Å². The zero-order valence-corrected chi connectivity index (χ0v) is 18.6. The minimum atomic E-state index is -0.459. The average molecular weight is 441 g/mol. The van der Waals surface area contributed by atoms with Gasteiger partial charge in [-0.05, 0) is 35.4 Å². The first kappa shape index (κ1) is 20.1. The third kappa shape index (κ3) is 3.20. The number of carbonyl (C=O) groups is 1. The number of hydrogen-bond donors (Lipinski definition) is 0. The summed E-state index contributed by atoms with van der Waals surface area (Å²) in [6.45, 7) is 5.28. The Kier molecular flexibility index (Phi) is 4.59. The molecule has 0 fully saturated rings. The fourth-order valence-corrected chi connectivity index (χ4v) is 4.48. The van der Waals surface area contributed by atoms with Crippen LogP contribution in [0.2, 0.25) is 0 Å². The summed E-state index contributed by atoms with van der Waals surface area (Å²) in [4.78, 5) is 22.1. The topological polar surface area (TPSA) is 52.1 Å². The molecule has 0 N–H and O–H groups in total. The first-order valence-corrected chi connectivity index (χ1v) is 11.1. The molecule has 1 aliphatic carbocycles. The number of aromatic nitrogens is 2. The third-order valence-electron chi connectivity index (χ3n) is 6.04. The minimum absolute atomic E-state index is 0.344. The third-order valence-corrected chi connectivity index (χ3v) is 6.04. The van der Waals surface area contributed by atoms with Crippen molar-refractivity contribution in [3.05, 3.63) is 103 Å². The normalized spacial score (nSPS) is 11.3. The van der Waals surface area contributed by atoms with Crippen LogP contribution in [0.25, 0.3) is 55.8 Å². The van der Waals surface area contributed by atoms with Crippen LogP contribution in [0.1, 0.15) is 6.92 Å². The molecule has 6 rings (SSSR count). The molecule has 0 saturated heterocycles. The van der Waals surface area contributed by atoms with Crippen molar-refractivity contribution in [1.82, 2.24) is 9.97 Å². The van der Waals surface area contributed by atoms with Gasteiger partial charge in [0.2, 0.25) is 0 Å². The van der Waals surface area contributed by atoms with Gasteiger partial charge in [0.25, 0.3) is 0 Å². The summed E-state index contributed by atoms with van der Waals surface area (Å²) < 4.78 is 5.45. The predicted molar refractivity (Wildman–Crippen MR) is 135 cm³/mol. The van der Waals surface area contributed by atoms with Crippen LogP contribution in [0, 0.1) is 0 Å². The number of fused-ring (bicyclic) bond motifs is 3. The molecular weight excluding hydrogens is 420 g/mol. The van der Waals surface area contributed by atoms with Crippen LogP contribution >= 0.6 is 0 Å². The number of nitrogens with zero attached hydrogens (tertiary/aromatic N) is 2. The van der Waals surface area contributed by atoms with E-state index in [1.165, 1.54) is 10.8 Å². The summed E-state index contributed by atoms with van der Waals surface area (Å²) >= 11 is 0. The lowest BCUT2D eigenvalue weighted by molar-refractivity contribution is -0.130. The first-order valence-electron chi connectivity index (χ1n) is 11.1. The zero-order valence-electron chi connectivity index (χ0n) is 18.6. The maximum absolute atomic E-state index is 12.0. The van der Waals surface area contributed by atoms with E-state index < -0.39 is 5.97 Å². The van der Waals surface area contributed by atoms with Gasteiger partial charge in [0, 0.05) is 27.8 Å². The molecule has 0 amide bonds. The molecule has 1 aromatic heterocycles. The van der Waals surface area contributed by atoms with E-state index in [0.717, 1.165) is 39.2 Å². The van der Waals surface area contributed by atoms with Gasteiger partial charge in [0.05, 0.1) is 11.4 Å². The van der Waals surface area contributed by atoms with Crippen molar-refractivity contribution in [2.24, 2.45) is 0 Å². The summed E-state index contributed by atoms with van der Waals surface area (Å²) in [5.41, 5.74) is 7.25. The van der Waals surface area contributed by atoms with Crippen molar-refractivity contribution in [3.8, 4) is 50.8 Å².